The summed E-state index contributed by atoms with van der Waals surface area (Å²) in [6.07, 6.45) is -4.51. The topological polar surface area (TPSA) is 283 Å². The quantitative estimate of drug-likeness (QED) is 0.171. The molecule has 2 aliphatic rings. The van der Waals surface area contributed by atoms with Crippen LogP contribution in [0.2, 0.25) is 0 Å². The highest BCUT2D eigenvalue weighted by atomic mass is 31.3. The van der Waals surface area contributed by atoms with Crippen molar-refractivity contribution in [3.63, 3.8) is 0 Å². The van der Waals surface area contributed by atoms with Crippen LogP contribution in [0.5, 0.6) is 0 Å². The van der Waals surface area contributed by atoms with Gasteiger partial charge in [-0.1, -0.05) is 0 Å². The van der Waals surface area contributed by atoms with Crippen LogP contribution in [-0.2, 0) is 32.0 Å². The van der Waals surface area contributed by atoms with Crippen molar-refractivity contribution in [2.75, 3.05) is 24.7 Å². The minimum atomic E-state index is -5.13. The number of aliphatic hydroxyl groups is 2. The number of ether oxygens (including phenoxy) is 2. The summed E-state index contributed by atoms with van der Waals surface area (Å²) in [5.41, 5.74) is 18.1. The summed E-state index contributed by atoms with van der Waals surface area (Å²) >= 11 is 0. The monoisotopic (exact) mass is 555 g/mol. The first kappa shape index (κ1) is 27.3. The third-order valence-electron chi connectivity index (χ3n) is 5.67. The molecule has 4 heterocycles. The van der Waals surface area contributed by atoms with Crippen molar-refractivity contribution in [1.29, 1.82) is 0 Å². The average molecular weight is 555 g/mol. The molecular weight excluding hydrogens is 528 g/mol. The summed E-state index contributed by atoms with van der Waals surface area (Å²) in [5.74, 6) is 0.00443. The Balaban J connectivity index is 1.32. The van der Waals surface area contributed by atoms with Crippen LogP contribution in [0, 0.1) is 0 Å². The van der Waals surface area contributed by atoms with Crippen molar-refractivity contribution < 1.29 is 52.0 Å². The average Bonchev–Trinajstić information content (AvgIpc) is 3.42. The number of rotatable bonds is 9. The second-order valence-electron chi connectivity index (χ2n) is 8.29. The van der Waals surface area contributed by atoms with Crippen molar-refractivity contribution in [3.05, 3.63) is 6.33 Å². The van der Waals surface area contributed by atoms with Crippen LogP contribution >= 0.6 is 15.6 Å². The van der Waals surface area contributed by atoms with Gasteiger partial charge in [0.15, 0.2) is 11.5 Å². The highest BCUT2D eigenvalue weighted by Crippen LogP contribution is 2.60. The zero-order chi connectivity index (χ0) is 26.4. The second-order valence-corrected chi connectivity index (χ2v) is 11.3. The standard InChI is InChI=1S/C16H27N7O11P2/c1-6-12(24)13(25)9(32-6)4-31-36(28,29)34-35(26,27)30-3-8-7(17)2-10(33-8)23-5-20-11-14(18)21-16(19)22-15(11)23/h5-10,12-13,24-25H,2-4,17H2,1H3,(H,26,27)(H,28,29)(H4,18,19,21,22). The fourth-order valence-electron chi connectivity index (χ4n) is 3.84. The number of aromatic nitrogens is 4. The lowest BCUT2D eigenvalue weighted by Gasteiger charge is -2.21. The minimum Gasteiger partial charge on any atom is -0.388 e. The van der Waals surface area contributed by atoms with Crippen LogP contribution in [0.1, 0.15) is 19.6 Å². The fraction of sp³-hybridized carbons (Fsp3) is 0.688. The van der Waals surface area contributed by atoms with Gasteiger partial charge in [0.25, 0.3) is 0 Å². The van der Waals surface area contributed by atoms with Crippen LogP contribution in [0.25, 0.3) is 11.2 Å². The van der Waals surface area contributed by atoms with E-state index in [2.05, 4.69) is 23.8 Å². The number of nitrogen functional groups attached to an aromatic ring is 2. The number of phosphoric acid groups is 2. The molecule has 2 saturated heterocycles. The third kappa shape index (κ3) is 5.85. The highest BCUT2D eigenvalue weighted by Gasteiger charge is 2.44. The fourth-order valence-corrected chi connectivity index (χ4v) is 5.93. The maximum Gasteiger partial charge on any atom is 0.481 e. The molecule has 4 rings (SSSR count). The number of anilines is 2. The van der Waals surface area contributed by atoms with E-state index in [0.717, 1.165) is 0 Å². The van der Waals surface area contributed by atoms with E-state index in [1.54, 1.807) is 0 Å². The predicted octanol–water partition coefficient (Wildman–Crippen LogP) is -1.63. The van der Waals surface area contributed by atoms with Crippen molar-refractivity contribution in [2.45, 2.75) is 56.1 Å². The van der Waals surface area contributed by atoms with E-state index in [4.69, 9.17) is 31.2 Å². The molecule has 20 heteroatoms. The molecule has 36 heavy (non-hydrogen) atoms. The van der Waals surface area contributed by atoms with Gasteiger partial charge in [0, 0.05) is 12.5 Å². The molecule has 0 saturated carbocycles. The first-order valence-corrected chi connectivity index (χ1v) is 13.6. The van der Waals surface area contributed by atoms with Gasteiger partial charge in [-0.25, -0.2) is 14.1 Å². The van der Waals surface area contributed by atoms with Crippen molar-refractivity contribution in [1.82, 2.24) is 19.5 Å². The lowest BCUT2D eigenvalue weighted by Crippen LogP contribution is -2.34. The van der Waals surface area contributed by atoms with Gasteiger partial charge in [0.1, 0.15) is 30.1 Å². The molecule has 2 aromatic rings. The van der Waals surface area contributed by atoms with Crippen LogP contribution in [-0.4, -0.2) is 89.3 Å². The smallest absolute Gasteiger partial charge is 0.388 e. The van der Waals surface area contributed by atoms with Crippen LogP contribution in [0.4, 0.5) is 11.8 Å². The SMILES string of the molecule is CC1OC(COP(=O)(O)OP(=O)(O)OCC2OC(n3cnc4c(N)nc(N)nc43)CC2N)C(O)C1O. The van der Waals surface area contributed by atoms with Gasteiger partial charge in [0.2, 0.25) is 5.95 Å². The molecule has 0 spiro atoms. The van der Waals surface area contributed by atoms with Gasteiger partial charge in [0.05, 0.1) is 31.7 Å². The summed E-state index contributed by atoms with van der Waals surface area (Å²) < 4.78 is 50.5. The Hall–Kier alpha value is -1.79. The van der Waals surface area contributed by atoms with E-state index in [-0.39, 0.29) is 18.2 Å². The molecule has 0 aliphatic carbocycles. The van der Waals surface area contributed by atoms with Gasteiger partial charge in [-0.05, 0) is 6.92 Å². The van der Waals surface area contributed by atoms with Gasteiger partial charge in [-0.3, -0.25) is 13.6 Å². The number of imidazole rings is 1. The summed E-state index contributed by atoms with van der Waals surface area (Å²) in [5, 5.41) is 19.5. The number of phosphoric ester groups is 2. The van der Waals surface area contributed by atoms with Crippen molar-refractivity contribution in [3.8, 4) is 0 Å². The van der Waals surface area contributed by atoms with Gasteiger partial charge in [-0.15, -0.1) is 0 Å². The van der Waals surface area contributed by atoms with Crippen LogP contribution < -0.4 is 17.2 Å². The normalized spacial score (nSPS) is 34.1. The number of nitrogens with zero attached hydrogens (tertiary/aromatic N) is 4. The summed E-state index contributed by atoms with van der Waals surface area (Å²) in [7, 11) is -10.3. The molecular formula is C16H27N7O11P2. The van der Waals surface area contributed by atoms with Crippen molar-refractivity contribution in [2.24, 2.45) is 5.73 Å². The lowest BCUT2D eigenvalue weighted by atomic mass is 10.1. The number of hydrogen-bond donors (Lipinski definition) is 7. The molecule has 10 N–H and O–H groups in total. The minimum absolute atomic E-state index is 0.0716. The molecule has 9 unspecified atom stereocenters. The van der Waals surface area contributed by atoms with E-state index in [1.165, 1.54) is 17.8 Å². The first-order chi connectivity index (χ1) is 16.8. The van der Waals surface area contributed by atoms with Crippen molar-refractivity contribution >= 4 is 38.6 Å². The first-order valence-electron chi connectivity index (χ1n) is 10.6. The van der Waals surface area contributed by atoms with Crippen LogP contribution in [0.3, 0.4) is 0 Å². The summed E-state index contributed by atoms with van der Waals surface area (Å²) in [4.78, 5) is 31.7. The Morgan fingerprint density at radius 2 is 1.72 bits per heavy atom. The van der Waals surface area contributed by atoms with Gasteiger partial charge in [-0.2, -0.15) is 14.3 Å². The molecule has 2 aliphatic heterocycles. The maximum absolute atomic E-state index is 12.2. The summed E-state index contributed by atoms with van der Waals surface area (Å²) in [6.45, 7) is 0.199. The second kappa shape index (κ2) is 10.2. The zero-order valence-electron chi connectivity index (χ0n) is 18.8. The molecule has 0 bridgehead atoms. The Labute approximate surface area is 203 Å². The molecule has 2 aromatic heterocycles. The predicted molar refractivity (Wildman–Crippen MR) is 120 cm³/mol. The van der Waals surface area contributed by atoms with E-state index >= 15 is 0 Å². The van der Waals surface area contributed by atoms with Gasteiger partial charge < -0.3 is 46.7 Å². The number of nitrogens with two attached hydrogens (primary N) is 3. The number of aliphatic hydroxyl groups excluding tert-OH is 2. The molecule has 0 amide bonds. The molecule has 0 radical (unpaired) electrons. The molecule has 2 fully saturated rings. The molecule has 9 atom stereocenters. The molecule has 0 aromatic carbocycles. The Morgan fingerprint density at radius 1 is 1.08 bits per heavy atom. The number of fused-ring (bicyclic) bond motifs is 1. The maximum atomic E-state index is 12.2. The Bertz CT molecular complexity index is 1200. The highest BCUT2D eigenvalue weighted by molar-refractivity contribution is 7.61. The van der Waals surface area contributed by atoms with Gasteiger partial charge >= 0.3 is 15.6 Å². The van der Waals surface area contributed by atoms with Crippen LogP contribution in [0.15, 0.2) is 6.33 Å². The summed E-state index contributed by atoms with van der Waals surface area (Å²) in [6, 6.07) is -0.671. The molecule has 18 nitrogen and oxygen atoms in total. The van der Waals surface area contributed by atoms with E-state index in [1.807, 2.05) is 0 Å². The largest absolute Gasteiger partial charge is 0.481 e. The third-order valence-corrected chi connectivity index (χ3v) is 8.27. The van der Waals surface area contributed by atoms with E-state index < -0.39 is 71.6 Å². The Morgan fingerprint density at radius 3 is 2.33 bits per heavy atom. The molecule has 202 valence electrons. The lowest BCUT2D eigenvalue weighted by molar-refractivity contribution is -0.0255. The van der Waals surface area contributed by atoms with E-state index in [9.17, 15) is 29.1 Å². The zero-order valence-corrected chi connectivity index (χ0v) is 20.6. The van der Waals surface area contributed by atoms with E-state index in [0.29, 0.717) is 11.2 Å². The number of hydrogen-bond acceptors (Lipinski definition) is 15. The Kier molecular flexibility index (Phi) is 7.70.